The predicted molar refractivity (Wildman–Crippen MR) is 103 cm³/mol. The van der Waals surface area contributed by atoms with Crippen molar-refractivity contribution < 1.29 is 9.90 Å². The number of carbonyl (C=O) groups is 1. The maximum absolute atomic E-state index is 12.0. The lowest BCUT2D eigenvalue weighted by Crippen LogP contribution is -2.45. The number of nitrogens with one attached hydrogen (secondary N) is 1. The van der Waals surface area contributed by atoms with E-state index in [0.717, 1.165) is 49.9 Å². The second-order valence-electron chi connectivity index (χ2n) is 7.86. The lowest BCUT2D eigenvalue weighted by molar-refractivity contribution is -0.146. The van der Waals surface area contributed by atoms with Crippen molar-refractivity contribution in [3.63, 3.8) is 0 Å². The topological polar surface area (TPSA) is 72.5 Å². The summed E-state index contributed by atoms with van der Waals surface area (Å²) in [6.45, 7) is 4.88. The number of H-pyrrole nitrogens is 1. The van der Waals surface area contributed by atoms with E-state index in [1.165, 1.54) is 5.56 Å². The number of carboxylic acid groups (broad SMARTS) is 1. The van der Waals surface area contributed by atoms with E-state index in [-0.39, 0.29) is 11.3 Å². The van der Waals surface area contributed by atoms with Crippen LogP contribution in [0.15, 0.2) is 36.7 Å². The van der Waals surface area contributed by atoms with Crippen molar-refractivity contribution in [1.29, 1.82) is 0 Å². The molecule has 0 bridgehead atoms. The molecule has 27 heavy (non-hydrogen) atoms. The van der Waals surface area contributed by atoms with Crippen LogP contribution in [-0.4, -0.2) is 57.0 Å². The van der Waals surface area contributed by atoms with Crippen molar-refractivity contribution in [2.45, 2.75) is 25.9 Å². The Kier molecular flexibility index (Phi) is 5.21. The quantitative estimate of drug-likeness (QED) is 0.824. The highest BCUT2D eigenvalue weighted by Crippen LogP contribution is 2.45. The molecule has 6 nitrogen and oxygen atoms in total. The molecule has 2 fully saturated rings. The Morgan fingerprint density at radius 1 is 1.22 bits per heavy atom. The number of hydrogen-bond acceptors (Lipinski definition) is 4. The molecule has 0 amide bonds. The molecular weight excluding hydrogens is 364 g/mol. The van der Waals surface area contributed by atoms with Gasteiger partial charge in [0, 0.05) is 42.5 Å². The van der Waals surface area contributed by atoms with E-state index in [1.54, 1.807) is 6.20 Å². The molecule has 3 heterocycles. The maximum atomic E-state index is 12.0. The Bertz CT molecular complexity index is 770. The number of rotatable bonds is 5. The van der Waals surface area contributed by atoms with Crippen molar-refractivity contribution >= 4 is 17.6 Å². The van der Waals surface area contributed by atoms with Gasteiger partial charge in [0.2, 0.25) is 0 Å². The molecule has 0 radical (unpaired) electrons. The van der Waals surface area contributed by atoms with Crippen LogP contribution in [0.2, 0.25) is 5.02 Å². The minimum Gasteiger partial charge on any atom is -0.481 e. The number of halogens is 1. The first-order valence-electron chi connectivity index (χ1n) is 9.44. The predicted octanol–water partition coefficient (Wildman–Crippen LogP) is 2.86. The first kappa shape index (κ1) is 18.5. The van der Waals surface area contributed by atoms with Crippen LogP contribution in [0.25, 0.3) is 0 Å². The number of likely N-dealkylation sites (tertiary alicyclic amines) is 2. The van der Waals surface area contributed by atoms with E-state index >= 15 is 0 Å². The summed E-state index contributed by atoms with van der Waals surface area (Å²) in [4.78, 5) is 24.0. The van der Waals surface area contributed by atoms with Gasteiger partial charge in [0.1, 0.15) is 5.82 Å². The maximum Gasteiger partial charge on any atom is 0.308 e. The number of carboxylic acids is 1. The molecule has 1 aromatic carbocycles. The van der Waals surface area contributed by atoms with Gasteiger partial charge in [-0.1, -0.05) is 23.7 Å². The molecule has 2 aromatic rings. The van der Waals surface area contributed by atoms with Gasteiger partial charge in [-0.3, -0.25) is 14.6 Å². The number of hydrogen-bond donors (Lipinski definition) is 2. The summed E-state index contributed by atoms with van der Waals surface area (Å²) in [6.07, 6.45) is 5.40. The summed E-state index contributed by atoms with van der Waals surface area (Å²) >= 11 is 5.97. The van der Waals surface area contributed by atoms with Gasteiger partial charge in [-0.25, -0.2) is 4.98 Å². The average molecular weight is 389 g/mol. The van der Waals surface area contributed by atoms with Crippen molar-refractivity contribution in [2.24, 2.45) is 11.3 Å². The zero-order valence-corrected chi connectivity index (χ0v) is 16.0. The summed E-state index contributed by atoms with van der Waals surface area (Å²) in [5, 5.41) is 10.6. The van der Waals surface area contributed by atoms with E-state index in [4.69, 9.17) is 11.6 Å². The van der Waals surface area contributed by atoms with Crippen LogP contribution in [0.4, 0.5) is 0 Å². The van der Waals surface area contributed by atoms with Crippen LogP contribution in [0.5, 0.6) is 0 Å². The summed E-state index contributed by atoms with van der Waals surface area (Å²) < 4.78 is 0. The Morgan fingerprint density at radius 3 is 2.59 bits per heavy atom. The highest BCUT2D eigenvalue weighted by Gasteiger charge is 2.51. The number of benzene rings is 1. The third-order valence-corrected chi connectivity index (χ3v) is 6.37. The molecule has 2 saturated heterocycles. The molecule has 1 spiro atoms. The van der Waals surface area contributed by atoms with Gasteiger partial charge >= 0.3 is 5.97 Å². The Balaban J connectivity index is 1.40. The standard InChI is InChI=1S/C20H25ClN4O2/c21-16-3-1-15(2-4-16)11-24-9-5-20(6-10-24)14-25(12-17(20)19(26)27)13-18-22-7-8-23-18/h1-4,7-8,17H,5-6,9-14H2,(H,22,23)(H,26,27). The monoisotopic (exact) mass is 388 g/mol. The minimum atomic E-state index is -0.664. The van der Waals surface area contributed by atoms with Crippen LogP contribution in [0.1, 0.15) is 24.2 Å². The molecule has 4 rings (SSSR count). The smallest absolute Gasteiger partial charge is 0.308 e. The minimum absolute atomic E-state index is 0.130. The fraction of sp³-hybridized carbons (Fsp3) is 0.500. The van der Waals surface area contributed by atoms with E-state index in [0.29, 0.717) is 13.1 Å². The third kappa shape index (κ3) is 4.03. The fourth-order valence-electron chi connectivity index (χ4n) is 4.64. The highest BCUT2D eigenvalue weighted by molar-refractivity contribution is 6.30. The van der Waals surface area contributed by atoms with Crippen molar-refractivity contribution in [1.82, 2.24) is 19.8 Å². The molecule has 0 saturated carbocycles. The fourth-order valence-corrected chi connectivity index (χ4v) is 4.77. The summed E-state index contributed by atoms with van der Waals surface area (Å²) in [5.41, 5.74) is 1.12. The van der Waals surface area contributed by atoms with Gasteiger partial charge in [-0.05, 0) is 43.6 Å². The number of piperidine rings is 1. The molecule has 2 N–H and O–H groups in total. The molecule has 1 atom stereocenters. The SMILES string of the molecule is O=C(O)C1CN(Cc2ncc[nH]2)CC12CCN(Cc1ccc(Cl)cc1)CC2. The molecule has 144 valence electrons. The van der Waals surface area contributed by atoms with Crippen LogP contribution in [-0.2, 0) is 17.9 Å². The first-order chi connectivity index (χ1) is 13.0. The van der Waals surface area contributed by atoms with E-state index in [2.05, 4.69) is 31.9 Å². The highest BCUT2D eigenvalue weighted by atomic mass is 35.5. The largest absolute Gasteiger partial charge is 0.481 e. The Labute approximate surface area is 164 Å². The van der Waals surface area contributed by atoms with E-state index in [1.807, 2.05) is 18.3 Å². The molecule has 2 aliphatic heterocycles. The van der Waals surface area contributed by atoms with E-state index in [9.17, 15) is 9.90 Å². The molecule has 0 aliphatic carbocycles. The van der Waals surface area contributed by atoms with Crippen LogP contribution in [0.3, 0.4) is 0 Å². The van der Waals surface area contributed by atoms with E-state index < -0.39 is 5.97 Å². The first-order valence-corrected chi connectivity index (χ1v) is 9.82. The number of nitrogens with zero attached hydrogens (tertiary/aromatic N) is 3. The van der Waals surface area contributed by atoms with Crippen molar-refractivity contribution in [2.75, 3.05) is 26.2 Å². The third-order valence-electron chi connectivity index (χ3n) is 6.12. The number of aromatic amines is 1. The lowest BCUT2D eigenvalue weighted by Gasteiger charge is -2.41. The summed E-state index contributed by atoms with van der Waals surface area (Å²) in [7, 11) is 0. The van der Waals surface area contributed by atoms with Gasteiger partial charge in [-0.2, -0.15) is 0 Å². The summed E-state index contributed by atoms with van der Waals surface area (Å²) in [5.74, 6) is -0.0652. The Hall–Kier alpha value is -1.89. The lowest BCUT2D eigenvalue weighted by atomic mass is 9.71. The molecule has 1 aromatic heterocycles. The van der Waals surface area contributed by atoms with Crippen LogP contribution in [0, 0.1) is 11.3 Å². The molecule has 1 unspecified atom stereocenters. The van der Waals surface area contributed by atoms with Crippen LogP contribution >= 0.6 is 11.6 Å². The Morgan fingerprint density at radius 2 is 1.96 bits per heavy atom. The zero-order chi connectivity index (χ0) is 18.9. The number of imidazole rings is 1. The van der Waals surface area contributed by atoms with Gasteiger partial charge < -0.3 is 10.1 Å². The number of aliphatic carboxylic acids is 1. The van der Waals surface area contributed by atoms with Gasteiger partial charge in [-0.15, -0.1) is 0 Å². The van der Waals surface area contributed by atoms with Gasteiger partial charge in [0.05, 0.1) is 12.5 Å². The van der Waals surface area contributed by atoms with Crippen molar-refractivity contribution in [3.8, 4) is 0 Å². The van der Waals surface area contributed by atoms with Crippen molar-refractivity contribution in [3.05, 3.63) is 53.1 Å². The summed E-state index contributed by atoms with van der Waals surface area (Å²) in [6, 6.07) is 7.97. The molecule has 2 aliphatic rings. The second-order valence-corrected chi connectivity index (χ2v) is 8.30. The van der Waals surface area contributed by atoms with Gasteiger partial charge in [0.15, 0.2) is 0 Å². The zero-order valence-electron chi connectivity index (χ0n) is 15.3. The number of aromatic nitrogens is 2. The van der Waals surface area contributed by atoms with Gasteiger partial charge in [0.25, 0.3) is 0 Å². The second kappa shape index (κ2) is 7.62. The average Bonchev–Trinajstić information content (AvgIpc) is 3.28. The molecular formula is C20H25ClN4O2. The normalized spacial score (nSPS) is 23.1. The molecule has 7 heteroatoms. The van der Waals surface area contributed by atoms with Crippen LogP contribution < -0.4 is 0 Å².